The quantitative estimate of drug-likeness (QED) is 0.814. The third kappa shape index (κ3) is 2.34. The number of nitrogens with two attached hydrogens (primary N) is 1. The van der Waals surface area contributed by atoms with Crippen LogP contribution in [0.15, 0.2) is 0 Å². The molecule has 0 aliphatic heterocycles. The van der Waals surface area contributed by atoms with E-state index in [0.29, 0.717) is 33.3 Å². The summed E-state index contributed by atoms with van der Waals surface area (Å²) in [6.07, 6.45) is 4.97. The highest BCUT2D eigenvalue weighted by Gasteiger charge is 2.42. The predicted molar refractivity (Wildman–Crippen MR) is 77.6 cm³/mol. The summed E-state index contributed by atoms with van der Waals surface area (Å²) in [5, 5.41) is 13.2. The molecule has 2 saturated carbocycles. The Labute approximate surface area is 121 Å². The third-order valence-corrected chi connectivity index (χ3v) is 5.04. The average Bonchev–Trinajstić information content (AvgIpc) is 3.34. The average molecular weight is 291 g/mol. The van der Waals surface area contributed by atoms with Crippen molar-refractivity contribution in [3.8, 4) is 6.07 Å². The number of ether oxygens (including phenoxy) is 1. The first-order valence-corrected chi connectivity index (χ1v) is 7.64. The highest BCUT2D eigenvalue weighted by molar-refractivity contribution is 7.17. The van der Waals surface area contributed by atoms with E-state index in [-0.39, 0.29) is 5.69 Å². The molecule has 3 N–H and O–H groups in total. The molecular weight excluding hydrogens is 274 g/mol. The molecular formula is C14H17N3O2S. The normalized spacial score (nSPS) is 17.9. The van der Waals surface area contributed by atoms with E-state index < -0.39 is 5.97 Å². The number of carbonyl (C=O) groups is 1. The number of hydrogen-bond donors (Lipinski definition) is 2. The molecule has 0 unspecified atom stereocenters. The smallest absolute Gasteiger partial charge is 0.343 e. The number of carbonyl (C=O) groups excluding carboxylic acids is 1. The van der Waals surface area contributed by atoms with E-state index in [9.17, 15) is 4.79 Å². The molecule has 5 nitrogen and oxygen atoms in total. The summed E-state index contributed by atoms with van der Waals surface area (Å²) < 4.78 is 4.79. The molecule has 1 aromatic heterocycles. The Morgan fingerprint density at radius 3 is 2.50 bits per heavy atom. The summed E-state index contributed by atoms with van der Waals surface area (Å²) in [5.41, 5.74) is 6.45. The van der Waals surface area contributed by atoms with Crippen LogP contribution in [0.5, 0.6) is 0 Å². The number of thiophene rings is 1. The minimum absolute atomic E-state index is 0.234. The van der Waals surface area contributed by atoms with E-state index in [1.165, 1.54) is 44.1 Å². The maximum absolute atomic E-state index is 11.9. The van der Waals surface area contributed by atoms with Gasteiger partial charge in [-0.05, 0) is 37.5 Å². The topological polar surface area (TPSA) is 88.1 Å². The SMILES string of the molecule is COC(=O)c1c(NC(C2CC2)C2CC2)sc(C#N)c1N. The van der Waals surface area contributed by atoms with Gasteiger partial charge in [0.05, 0.1) is 12.8 Å². The molecule has 2 aliphatic carbocycles. The highest BCUT2D eigenvalue weighted by atomic mass is 32.1. The zero-order valence-corrected chi connectivity index (χ0v) is 12.1. The lowest BCUT2D eigenvalue weighted by atomic mass is 10.1. The Morgan fingerprint density at radius 1 is 1.45 bits per heavy atom. The van der Waals surface area contributed by atoms with Crippen molar-refractivity contribution in [2.24, 2.45) is 11.8 Å². The first-order chi connectivity index (χ1) is 9.65. The molecule has 2 aliphatic rings. The summed E-state index contributed by atoms with van der Waals surface area (Å²) in [4.78, 5) is 12.3. The van der Waals surface area contributed by atoms with Gasteiger partial charge in [0.25, 0.3) is 0 Å². The standard InChI is InChI=1S/C14H17N3O2S/c1-19-14(18)10-11(16)9(6-15)20-13(10)17-12(7-2-3-7)8-4-5-8/h7-8,12,17H,2-5,16H2,1H3. The van der Waals surface area contributed by atoms with Crippen LogP contribution in [-0.4, -0.2) is 19.1 Å². The summed E-state index contributed by atoms with van der Waals surface area (Å²) in [6, 6.07) is 2.45. The van der Waals surface area contributed by atoms with Gasteiger partial charge >= 0.3 is 5.97 Å². The van der Waals surface area contributed by atoms with Crippen LogP contribution < -0.4 is 11.1 Å². The molecule has 0 saturated heterocycles. The van der Waals surface area contributed by atoms with E-state index in [0.717, 1.165) is 0 Å². The van der Waals surface area contributed by atoms with Crippen LogP contribution in [-0.2, 0) is 4.74 Å². The van der Waals surface area contributed by atoms with Crippen LogP contribution in [0.1, 0.15) is 40.9 Å². The van der Waals surface area contributed by atoms with Gasteiger partial charge in [0.1, 0.15) is 21.5 Å². The zero-order valence-electron chi connectivity index (χ0n) is 11.3. The molecule has 0 amide bonds. The van der Waals surface area contributed by atoms with E-state index in [4.69, 9.17) is 15.7 Å². The Kier molecular flexibility index (Phi) is 3.30. The molecule has 20 heavy (non-hydrogen) atoms. The number of methoxy groups -OCH3 is 1. The van der Waals surface area contributed by atoms with E-state index in [1.807, 2.05) is 6.07 Å². The number of nitrogens with zero attached hydrogens (tertiary/aromatic N) is 1. The Balaban J connectivity index is 1.91. The maximum Gasteiger partial charge on any atom is 0.343 e. The van der Waals surface area contributed by atoms with Crippen molar-refractivity contribution in [2.75, 3.05) is 18.2 Å². The van der Waals surface area contributed by atoms with Crippen LogP contribution in [0.4, 0.5) is 10.7 Å². The third-order valence-electron chi connectivity index (χ3n) is 3.99. The van der Waals surface area contributed by atoms with E-state index in [1.54, 1.807) is 0 Å². The van der Waals surface area contributed by atoms with Crippen molar-refractivity contribution >= 4 is 28.0 Å². The van der Waals surface area contributed by atoms with Crippen LogP contribution in [0.25, 0.3) is 0 Å². The Hall–Kier alpha value is -1.74. The van der Waals surface area contributed by atoms with Crippen molar-refractivity contribution in [1.82, 2.24) is 0 Å². The molecule has 0 aromatic carbocycles. The Morgan fingerprint density at radius 2 is 2.05 bits per heavy atom. The van der Waals surface area contributed by atoms with Gasteiger partial charge < -0.3 is 15.8 Å². The number of hydrogen-bond acceptors (Lipinski definition) is 6. The number of rotatable bonds is 5. The molecule has 2 fully saturated rings. The van der Waals surface area contributed by atoms with Crippen LogP contribution in [0, 0.1) is 23.2 Å². The molecule has 3 rings (SSSR count). The van der Waals surface area contributed by atoms with Crippen LogP contribution in [0.3, 0.4) is 0 Å². The van der Waals surface area contributed by atoms with Crippen molar-refractivity contribution < 1.29 is 9.53 Å². The van der Waals surface area contributed by atoms with Gasteiger partial charge in [0.15, 0.2) is 0 Å². The molecule has 0 bridgehead atoms. The fourth-order valence-corrected chi connectivity index (χ4v) is 3.57. The molecule has 1 heterocycles. The lowest BCUT2D eigenvalue weighted by Crippen LogP contribution is -2.24. The van der Waals surface area contributed by atoms with E-state index >= 15 is 0 Å². The lowest BCUT2D eigenvalue weighted by molar-refractivity contribution is 0.0603. The second-order valence-electron chi connectivity index (χ2n) is 5.50. The molecule has 0 atom stereocenters. The Bertz CT molecular complexity index is 570. The molecule has 1 aromatic rings. The second-order valence-corrected chi connectivity index (χ2v) is 6.52. The van der Waals surface area contributed by atoms with Gasteiger partial charge in [-0.25, -0.2) is 4.79 Å². The second kappa shape index (κ2) is 4.98. The zero-order chi connectivity index (χ0) is 14.3. The summed E-state index contributed by atoms with van der Waals surface area (Å²) in [6.45, 7) is 0. The maximum atomic E-state index is 11.9. The number of nitrogens with one attached hydrogen (secondary N) is 1. The molecule has 0 spiro atoms. The largest absolute Gasteiger partial charge is 0.465 e. The fourth-order valence-electron chi connectivity index (χ4n) is 2.62. The van der Waals surface area contributed by atoms with Crippen molar-refractivity contribution in [1.29, 1.82) is 5.26 Å². The van der Waals surface area contributed by atoms with Crippen molar-refractivity contribution in [2.45, 2.75) is 31.7 Å². The number of anilines is 2. The molecule has 0 radical (unpaired) electrons. The first kappa shape index (κ1) is 13.3. The minimum Gasteiger partial charge on any atom is -0.465 e. The number of nitrogen functional groups attached to an aromatic ring is 1. The number of nitriles is 1. The van der Waals surface area contributed by atoms with Crippen molar-refractivity contribution in [3.63, 3.8) is 0 Å². The summed E-state index contributed by atoms with van der Waals surface area (Å²) in [5.74, 6) is 0.914. The van der Waals surface area contributed by atoms with Crippen LogP contribution in [0.2, 0.25) is 0 Å². The van der Waals surface area contributed by atoms with Gasteiger partial charge in [-0.15, -0.1) is 11.3 Å². The number of esters is 1. The molecule has 106 valence electrons. The highest BCUT2D eigenvalue weighted by Crippen LogP contribution is 2.47. The van der Waals surface area contributed by atoms with Crippen LogP contribution >= 0.6 is 11.3 Å². The first-order valence-electron chi connectivity index (χ1n) is 6.83. The van der Waals surface area contributed by atoms with E-state index in [2.05, 4.69) is 5.32 Å². The van der Waals surface area contributed by atoms with Crippen molar-refractivity contribution in [3.05, 3.63) is 10.4 Å². The van der Waals surface area contributed by atoms with Gasteiger partial charge in [0, 0.05) is 6.04 Å². The van der Waals surface area contributed by atoms with Gasteiger partial charge in [0.2, 0.25) is 0 Å². The lowest BCUT2D eigenvalue weighted by Gasteiger charge is -2.18. The monoisotopic (exact) mass is 291 g/mol. The van der Waals surface area contributed by atoms with Gasteiger partial charge in [-0.1, -0.05) is 0 Å². The van der Waals surface area contributed by atoms with Gasteiger partial charge in [-0.2, -0.15) is 5.26 Å². The summed E-state index contributed by atoms with van der Waals surface area (Å²) >= 11 is 1.25. The molecule has 6 heteroatoms. The predicted octanol–water partition coefficient (Wildman–Crippen LogP) is 2.59. The van der Waals surface area contributed by atoms with Gasteiger partial charge in [-0.3, -0.25) is 0 Å². The minimum atomic E-state index is -0.479. The fraction of sp³-hybridized carbons (Fsp3) is 0.571. The summed E-state index contributed by atoms with van der Waals surface area (Å²) in [7, 11) is 1.33.